The minimum absolute atomic E-state index is 0.0565. The largest absolute Gasteiger partial charge is 0.493 e. The maximum atomic E-state index is 11.8. The topological polar surface area (TPSA) is 61.8 Å². The molecule has 0 spiro atoms. The van der Waals surface area contributed by atoms with Crippen molar-refractivity contribution in [2.75, 3.05) is 27.9 Å². The second kappa shape index (κ2) is 6.76. The zero-order chi connectivity index (χ0) is 13.5. The highest BCUT2D eigenvalue weighted by atomic mass is 16.5. The second-order valence-electron chi connectivity index (χ2n) is 3.64. The molecule has 0 heterocycles. The van der Waals surface area contributed by atoms with E-state index < -0.39 is 0 Å². The summed E-state index contributed by atoms with van der Waals surface area (Å²) in [7, 11) is 4.42. The molecule has 0 N–H and O–H groups in total. The summed E-state index contributed by atoms with van der Waals surface area (Å²) < 4.78 is 14.8. The van der Waals surface area contributed by atoms with Gasteiger partial charge >= 0.3 is 0 Å². The van der Waals surface area contributed by atoms with Gasteiger partial charge in [0.15, 0.2) is 23.1 Å². The Bertz CT molecular complexity index is 439. The van der Waals surface area contributed by atoms with Crippen molar-refractivity contribution < 1.29 is 23.8 Å². The predicted molar refractivity (Wildman–Crippen MR) is 65.4 cm³/mol. The fourth-order valence-electron chi connectivity index (χ4n) is 1.50. The quantitative estimate of drug-likeness (QED) is 0.543. The monoisotopic (exact) mass is 252 g/mol. The van der Waals surface area contributed by atoms with E-state index >= 15 is 0 Å². The highest BCUT2D eigenvalue weighted by Crippen LogP contribution is 2.27. The highest BCUT2D eigenvalue weighted by molar-refractivity contribution is 6.08. The molecule has 0 aromatic heterocycles. The second-order valence-corrected chi connectivity index (χ2v) is 3.64. The van der Waals surface area contributed by atoms with E-state index in [0.29, 0.717) is 17.1 Å². The van der Waals surface area contributed by atoms with Gasteiger partial charge in [0.05, 0.1) is 20.6 Å². The van der Waals surface area contributed by atoms with Gasteiger partial charge in [-0.25, -0.2) is 0 Å². The minimum atomic E-state index is -0.266. The predicted octanol–water partition coefficient (Wildman–Crippen LogP) is 1.49. The van der Waals surface area contributed by atoms with Crippen LogP contribution in [0.5, 0.6) is 11.5 Å². The number of benzene rings is 1. The molecule has 5 nitrogen and oxygen atoms in total. The van der Waals surface area contributed by atoms with Gasteiger partial charge in [0, 0.05) is 12.7 Å². The number of rotatable bonds is 7. The van der Waals surface area contributed by atoms with Crippen LogP contribution in [0.15, 0.2) is 18.2 Å². The van der Waals surface area contributed by atoms with Gasteiger partial charge in [-0.1, -0.05) is 0 Å². The molecule has 5 heteroatoms. The third kappa shape index (κ3) is 3.56. The summed E-state index contributed by atoms with van der Waals surface area (Å²) in [5.74, 6) is 0.482. The van der Waals surface area contributed by atoms with Gasteiger partial charge in [-0.15, -0.1) is 0 Å². The molecule has 1 aromatic carbocycles. The van der Waals surface area contributed by atoms with Crippen LogP contribution in [0, 0.1) is 0 Å². The smallest absolute Gasteiger partial charge is 0.170 e. The molecule has 0 saturated heterocycles. The Morgan fingerprint density at radius 1 is 1.06 bits per heavy atom. The Hall–Kier alpha value is -1.88. The molecule has 0 saturated carbocycles. The summed E-state index contributed by atoms with van der Waals surface area (Å²) in [6.45, 7) is -0.0565. The normalized spacial score (nSPS) is 9.94. The van der Waals surface area contributed by atoms with Gasteiger partial charge in [-0.2, -0.15) is 0 Å². The molecule has 0 aliphatic heterocycles. The summed E-state index contributed by atoms with van der Waals surface area (Å²) in [6.07, 6.45) is -0.177. The summed E-state index contributed by atoms with van der Waals surface area (Å²) in [5, 5.41) is 0. The number of hydrogen-bond donors (Lipinski definition) is 0. The van der Waals surface area contributed by atoms with Crippen LogP contribution in [-0.4, -0.2) is 39.5 Å². The van der Waals surface area contributed by atoms with Crippen LogP contribution in [0.3, 0.4) is 0 Å². The third-order valence-corrected chi connectivity index (χ3v) is 2.37. The van der Waals surface area contributed by atoms with Crippen LogP contribution in [0.2, 0.25) is 0 Å². The number of carbonyl (C=O) groups excluding carboxylic acids is 2. The molecule has 18 heavy (non-hydrogen) atoms. The molecule has 1 rings (SSSR count). The number of methoxy groups -OCH3 is 3. The van der Waals surface area contributed by atoms with Crippen LogP contribution in [0.4, 0.5) is 0 Å². The lowest BCUT2D eigenvalue weighted by Crippen LogP contribution is -2.13. The van der Waals surface area contributed by atoms with Crippen molar-refractivity contribution in [3.8, 4) is 11.5 Å². The van der Waals surface area contributed by atoms with Crippen molar-refractivity contribution in [2.24, 2.45) is 0 Å². The number of ketones is 2. The third-order valence-electron chi connectivity index (χ3n) is 2.37. The van der Waals surface area contributed by atoms with E-state index in [1.807, 2.05) is 0 Å². The number of carbonyl (C=O) groups is 2. The first-order valence-electron chi connectivity index (χ1n) is 5.38. The fourth-order valence-corrected chi connectivity index (χ4v) is 1.50. The van der Waals surface area contributed by atoms with Crippen LogP contribution < -0.4 is 9.47 Å². The number of hydrogen-bond acceptors (Lipinski definition) is 5. The molecule has 0 bridgehead atoms. The SMILES string of the molecule is COCC(=O)CC(=O)c1ccc(OC)c(OC)c1. The molecule has 0 fully saturated rings. The average Bonchev–Trinajstić information content (AvgIpc) is 2.38. The van der Waals surface area contributed by atoms with Crippen LogP contribution >= 0.6 is 0 Å². The Labute approximate surface area is 106 Å². The van der Waals surface area contributed by atoms with E-state index in [1.54, 1.807) is 18.2 Å². The summed E-state index contributed by atoms with van der Waals surface area (Å²) in [6, 6.07) is 4.79. The summed E-state index contributed by atoms with van der Waals surface area (Å²) in [5.41, 5.74) is 0.414. The maximum absolute atomic E-state index is 11.8. The molecule has 0 atom stereocenters. The van der Waals surface area contributed by atoms with Gasteiger partial charge in [-0.05, 0) is 18.2 Å². The van der Waals surface area contributed by atoms with Crippen molar-refractivity contribution >= 4 is 11.6 Å². The van der Waals surface area contributed by atoms with E-state index in [2.05, 4.69) is 4.74 Å². The van der Waals surface area contributed by atoms with E-state index in [-0.39, 0.29) is 24.6 Å². The van der Waals surface area contributed by atoms with Gasteiger partial charge in [0.25, 0.3) is 0 Å². The average molecular weight is 252 g/mol. The van der Waals surface area contributed by atoms with Gasteiger partial charge in [-0.3, -0.25) is 9.59 Å². The lowest BCUT2D eigenvalue weighted by Gasteiger charge is -2.08. The molecule has 0 amide bonds. The Morgan fingerprint density at radius 2 is 1.72 bits per heavy atom. The standard InChI is InChI=1S/C13H16O5/c1-16-8-10(14)7-11(15)9-4-5-12(17-2)13(6-9)18-3/h4-6H,7-8H2,1-3H3. The molecule has 98 valence electrons. The van der Waals surface area contributed by atoms with Crippen LogP contribution in [-0.2, 0) is 9.53 Å². The molecule has 0 unspecified atom stereocenters. The lowest BCUT2D eigenvalue weighted by molar-refractivity contribution is -0.121. The molecule has 1 aromatic rings. The fraction of sp³-hybridized carbons (Fsp3) is 0.385. The Balaban J connectivity index is 2.83. The number of ether oxygens (including phenoxy) is 3. The zero-order valence-corrected chi connectivity index (χ0v) is 10.7. The summed E-state index contributed by atoms with van der Waals surface area (Å²) >= 11 is 0. The summed E-state index contributed by atoms with van der Waals surface area (Å²) in [4.78, 5) is 23.1. The Kier molecular flexibility index (Phi) is 5.32. The van der Waals surface area contributed by atoms with E-state index in [0.717, 1.165) is 0 Å². The maximum Gasteiger partial charge on any atom is 0.170 e. The molecule has 0 aliphatic rings. The zero-order valence-electron chi connectivity index (χ0n) is 10.7. The molecule has 0 aliphatic carbocycles. The minimum Gasteiger partial charge on any atom is -0.493 e. The first kappa shape index (κ1) is 14.2. The lowest BCUT2D eigenvalue weighted by atomic mass is 10.1. The van der Waals surface area contributed by atoms with E-state index in [1.165, 1.54) is 21.3 Å². The van der Waals surface area contributed by atoms with Crippen LogP contribution in [0.25, 0.3) is 0 Å². The van der Waals surface area contributed by atoms with Crippen molar-refractivity contribution in [1.82, 2.24) is 0 Å². The van der Waals surface area contributed by atoms with E-state index in [4.69, 9.17) is 9.47 Å². The molecule has 0 radical (unpaired) electrons. The number of Topliss-reactive ketones (excluding diaryl/α,β-unsaturated/α-hetero) is 2. The van der Waals surface area contributed by atoms with Crippen molar-refractivity contribution in [3.63, 3.8) is 0 Å². The van der Waals surface area contributed by atoms with Gasteiger partial charge in [0.1, 0.15) is 6.61 Å². The van der Waals surface area contributed by atoms with E-state index in [9.17, 15) is 9.59 Å². The van der Waals surface area contributed by atoms with Gasteiger partial charge in [0.2, 0.25) is 0 Å². The van der Waals surface area contributed by atoms with Crippen LogP contribution in [0.1, 0.15) is 16.8 Å². The van der Waals surface area contributed by atoms with Crippen molar-refractivity contribution in [3.05, 3.63) is 23.8 Å². The van der Waals surface area contributed by atoms with Crippen molar-refractivity contribution in [2.45, 2.75) is 6.42 Å². The Morgan fingerprint density at radius 3 is 2.28 bits per heavy atom. The first-order valence-corrected chi connectivity index (χ1v) is 5.38. The van der Waals surface area contributed by atoms with Gasteiger partial charge < -0.3 is 14.2 Å². The van der Waals surface area contributed by atoms with Crippen molar-refractivity contribution in [1.29, 1.82) is 0 Å². The highest BCUT2D eigenvalue weighted by Gasteiger charge is 2.14. The first-order chi connectivity index (χ1) is 8.62. The molecular weight excluding hydrogens is 236 g/mol. The molecular formula is C13H16O5.